The highest BCUT2D eigenvalue weighted by atomic mass is 32.1. The van der Waals surface area contributed by atoms with Crippen LogP contribution in [0.5, 0.6) is 0 Å². The van der Waals surface area contributed by atoms with Crippen LogP contribution < -0.4 is 0 Å². The van der Waals surface area contributed by atoms with Crippen LogP contribution in [0.2, 0.25) is 0 Å². The van der Waals surface area contributed by atoms with Crippen LogP contribution >= 0.6 is 11.3 Å². The Balaban J connectivity index is 2.16. The molecule has 3 rings (SSSR count). The zero-order valence-corrected chi connectivity index (χ0v) is 12.0. The van der Waals surface area contributed by atoms with E-state index >= 15 is 0 Å². The van der Waals surface area contributed by atoms with Gasteiger partial charge >= 0.3 is 0 Å². The average Bonchev–Trinajstić information content (AvgIpc) is 2.90. The zero-order valence-electron chi connectivity index (χ0n) is 11.2. The standard InChI is InChI=1S/C15H16N2OS/c1-15(2,18)13-9-19-8-12(13)10-4-5-14-11(6-10)7-17(3)16-14/h4-9,18H,1-3H3. The molecule has 0 amide bonds. The lowest BCUT2D eigenvalue weighted by molar-refractivity contribution is 0.0796. The molecule has 0 radical (unpaired) electrons. The Labute approximate surface area is 116 Å². The molecule has 3 aromatic rings. The van der Waals surface area contributed by atoms with Crippen LogP contribution in [-0.4, -0.2) is 14.9 Å². The van der Waals surface area contributed by atoms with E-state index in [1.807, 2.05) is 43.2 Å². The van der Waals surface area contributed by atoms with Gasteiger partial charge in [0, 0.05) is 24.2 Å². The fraction of sp³-hybridized carbons (Fsp3) is 0.267. The van der Waals surface area contributed by atoms with Crippen LogP contribution in [0.1, 0.15) is 19.4 Å². The minimum atomic E-state index is -0.820. The van der Waals surface area contributed by atoms with Crippen molar-refractivity contribution < 1.29 is 5.11 Å². The highest BCUT2D eigenvalue weighted by Gasteiger charge is 2.21. The molecule has 1 aromatic carbocycles. The summed E-state index contributed by atoms with van der Waals surface area (Å²) in [5.74, 6) is 0. The first-order valence-electron chi connectivity index (χ1n) is 6.18. The molecule has 4 heteroatoms. The summed E-state index contributed by atoms with van der Waals surface area (Å²) in [5.41, 5.74) is 3.37. The maximum Gasteiger partial charge on any atom is 0.0923 e. The third-order valence-electron chi connectivity index (χ3n) is 3.25. The van der Waals surface area contributed by atoms with Gasteiger partial charge in [0.2, 0.25) is 0 Å². The van der Waals surface area contributed by atoms with E-state index in [-0.39, 0.29) is 0 Å². The zero-order chi connectivity index (χ0) is 13.6. The van der Waals surface area contributed by atoms with Crippen molar-refractivity contribution in [3.05, 3.63) is 40.7 Å². The summed E-state index contributed by atoms with van der Waals surface area (Å²) in [6.07, 6.45) is 2.01. The highest BCUT2D eigenvalue weighted by molar-refractivity contribution is 7.08. The molecule has 0 aliphatic heterocycles. The first-order chi connectivity index (χ1) is 8.95. The molecule has 2 aromatic heterocycles. The fourth-order valence-electron chi connectivity index (χ4n) is 2.31. The topological polar surface area (TPSA) is 38.0 Å². The van der Waals surface area contributed by atoms with E-state index in [9.17, 15) is 5.11 Å². The van der Waals surface area contributed by atoms with E-state index in [1.165, 1.54) is 0 Å². The number of aliphatic hydroxyl groups is 1. The van der Waals surface area contributed by atoms with E-state index in [4.69, 9.17) is 0 Å². The second-order valence-electron chi connectivity index (χ2n) is 5.33. The summed E-state index contributed by atoms with van der Waals surface area (Å²) in [5, 5.41) is 19.8. The van der Waals surface area contributed by atoms with Crippen molar-refractivity contribution in [2.24, 2.45) is 7.05 Å². The number of hydrogen-bond acceptors (Lipinski definition) is 3. The van der Waals surface area contributed by atoms with Crippen molar-refractivity contribution in [3.8, 4) is 11.1 Å². The number of hydrogen-bond donors (Lipinski definition) is 1. The molecule has 19 heavy (non-hydrogen) atoms. The van der Waals surface area contributed by atoms with E-state index in [2.05, 4.69) is 22.6 Å². The summed E-state index contributed by atoms with van der Waals surface area (Å²) >= 11 is 1.62. The molecule has 3 nitrogen and oxygen atoms in total. The van der Waals surface area contributed by atoms with Gasteiger partial charge in [0.05, 0.1) is 11.1 Å². The molecule has 0 unspecified atom stereocenters. The van der Waals surface area contributed by atoms with Gasteiger partial charge in [-0.2, -0.15) is 16.4 Å². The van der Waals surface area contributed by atoms with E-state index < -0.39 is 5.60 Å². The Morgan fingerprint density at radius 1 is 1.26 bits per heavy atom. The molecule has 0 spiro atoms. The molecule has 98 valence electrons. The Morgan fingerprint density at radius 2 is 2.05 bits per heavy atom. The lowest BCUT2D eigenvalue weighted by atomic mass is 9.93. The van der Waals surface area contributed by atoms with E-state index in [1.54, 1.807) is 11.3 Å². The molecule has 0 atom stereocenters. The quantitative estimate of drug-likeness (QED) is 0.775. The molecular formula is C15H16N2OS. The van der Waals surface area contributed by atoms with Crippen molar-refractivity contribution in [3.63, 3.8) is 0 Å². The molecule has 0 saturated carbocycles. The number of thiophene rings is 1. The average molecular weight is 272 g/mol. The monoisotopic (exact) mass is 272 g/mol. The van der Waals surface area contributed by atoms with Gasteiger partial charge in [-0.25, -0.2) is 0 Å². The summed E-state index contributed by atoms with van der Waals surface area (Å²) in [4.78, 5) is 0. The minimum absolute atomic E-state index is 0.820. The second-order valence-corrected chi connectivity index (χ2v) is 6.08. The Hall–Kier alpha value is -1.65. The predicted octanol–water partition coefficient (Wildman–Crippen LogP) is 3.53. The Kier molecular flexibility index (Phi) is 2.73. The lowest BCUT2D eigenvalue weighted by Crippen LogP contribution is -2.15. The first kappa shape index (κ1) is 12.4. The number of nitrogens with zero attached hydrogens (tertiary/aromatic N) is 2. The van der Waals surface area contributed by atoms with Gasteiger partial charge in [-0.3, -0.25) is 4.68 Å². The summed E-state index contributed by atoms with van der Waals surface area (Å²) in [6.45, 7) is 3.64. The van der Waals surface area contributed by atoms with Crippen LogP contribution in [0.15, 0.2) is 35.2 Å². The van der Waals surface area contributed by atoms with Crippen LogP contribution in [0.4, 0.5) is 0 Å². The molecule has 1 N–H and O–H groups in total. The van der Waals surface area contributed by atoms with Gasteiger partial charge < -0.3 is 5.11 Å². The van der Waals surface area contributed by atoms with Crippen LogP contribution in [-0.2, 0) is 12.6 Å². The van der Waals surface area contributed by atoms with Crippen molar-refractivity contribution in [2.45, 2.75) is 19.4 Å². The van der Waals surface area contributed by atoms with Gasteiger partial charge in [-0.1, -0.05) is 6.07 Å². The minimum Gasteiger partial charge on any atom is -0.386 e. The second kappa shape index (κ2) is 4.18. The van der Waals surface area contributed by atoms with Crippen molar-refractivity contribution >= 4 is 22.2 Å². The van der Waals surface area contributed by atoms with Crippen LogP contribution in [0.25, 0.3) is 22.0 Å². The largest absolute Gasteiger partial charge is 0.386 e. The molecule has 0 aliphatic rings. The van der Waals surface area contributed by atoms with Gasteiger partial charge in [-0.15, -0.1) is 0 Å². The van der Waals surface area contributed by atoms with Gasteiger partial charge in [0.25, 0.3) is 0 Å². The highest BCUT2D eigenvalue weighted by Crippen LogP contribution is 2.35. The smallest absolute Gasteiger partial charge is 0.0923 e. The number of aryl methyl sites for hydroxylation is 1. The fourth-order valence-corrected chi connectivity index (χ4v) is 3.33. The maximum absolute atomic E-state index is 10.2. The SMILES string of the molecule is Cn1cc2cc(-c3cscc3C(C)(C)O)ccc2n1. The summed E-state index contributed by atoms with van der Waals surface area (Å²) in [7, 11) is 1.92. The molecule has 0 saturated heterocycles. The number of aromatic nitrogens is 2. The van der Waals surface area contributed by atoms with E-state index in [0.29, 0.717) is 0 Å². The predicted molar refractivity (Wildman–Crippen MR) is 79.3 cm³/mol. The molecule has 0 aliphatic carbocycles. The number of benzene rings is 1. The molecular weight excluding hydrogens is 256 g/mol. The summed E-state index contributed by atoms with van der Waals surface area (Å²) < 4.78 is 1.82. The van der Waals surface area contributed by atoms with Crippen molar-refractivity contribution in [1.82, 2.24) is 9.78 Å². The number of fused-ring (bicyclic) bond motifs is 1. The third kappa shape index (κ3) is 2.17. The first-order valence-corrected chi connectivity index (χ1v) is 7.12. The Bertz CT molecular complexity index is 734. The van der Waals surface area contributed by atoms with E-state index in [0.717, 1.165) is 27.6 Å². The van der Waals surface area contributed by atoms with Gasteiger partial charge in [-0.05, 0) is 47.9 Å². The molecule has 0 bridgehead atoms. The van der Waals surface area contributed by atoms with Gasteiger partial charge in [0.15, 0.2) is 0 Å². The third-order valence-corrected chi connectivity index (χ3v) is 3.99. The van der Waals surface area contributed by atoms with Gasteiger partial charge in [0.1, 0.15) is 0 Å². The number of rotatable bonds is 2. The lowest BCUT2D eigenvalue weighted by Gasteiger charge is -2.18. The molecule has 2 heterocycles. The molecule has 0 fully saturated rings. The van der Waals surface area contributed by atoms with Crippen molar-refractivity contribution in [2.75, 3.05) is 0 Å². The normalized spacial score (nSPS) is 12.2. The van der Waals surface area contributed by atoms with Crippen LogP contribution in [0, 0.1) is 0 Å². The van der Waals surface area contributed by atoms with Crippen molar-refractivity contribution in [1.29, 1.82) is 0 Å². The Morgan fingerprint density at radius 3 is 2.79 bits per heavy atom. The maximum atomic E-state index is 10.2. The van der Waals surface area contributed by atoms with Crippen LogP contribution in [0.3, 0.4) is 0 Å². The summed E-state index contributed by atoms with van der Waals surface area (Å²) in [6, 6.07) is 6.21.